The molecule has 0 amide bonds. The Morgan fingerprint density at radius 2 is 2.38 bits per heavy atom. The molecule has 1 aromatic heterocycles. The molecule has 0 aliphatic carbocycles. The molecule has 1 N–H and O–H groups in total. The van der Waals surface area contributed by atoms with Gasteiger partial charge in [0.1, 0.15) is 0 Å². The summed E-state index contributed by atoms with van der Waals surface area (Å²) in [5.41, 5.74) is 1.27. The van der Waals surface area contributed by atoms with Crippen LogP contribution in [0.4, 0.5) is 0 Å². The summed E-state index contributed by atoms with van der Waals surface area (Å²) < 4.78 is 0. The number of likely N-dealkylation sites (N-methyl/N-ethyl adjacent to an activating group) is 1. The maximum Gasteiger partial charge on any atom is 0.0315 e. The smallest absolute Gasteiger partial charge is 0.0315 e. The van der Waals surface area contributed by atoms with Gasteiger partial charge in [0.2, 0.25) is 0 Å². The minimum absolute atomic E-state index is 0.386. The quantitative estimate of drug-likeness (QED) is 0.840. The van der Waals surface area contributed by atoms with Crippen LogP contribution < -0.4 is 5.32 Å². The average molecular weight is 219 g/mol. The molecule has 0 saturated carbocycles. The van der Waals surface area contributed by atoms with Crippen LogP contribution in [0.25, 0.3) is 0 Å². The summed E-state index contributed by atoms with van der Waals surface area (Å²) >= 11 is 0. The molecule has 0 bridgehead atoms. The molecule has 1 aliphatic rings. The van der Waals surface area contributed by atoms with E-state index in [1.165, 1.54) is 12.0 Å². The van der Waals surface area contributed by atoms with Crippen molar-refractivity contribution in [3.8, 4) is 0 Å². The Balaban J connectivity index is 1.91. The number of hydrogen-bond donors (Lipinski definition) is 1. The lowest BCUT2D eigenvalue weighted by Gasteiger charge is -2.19. The molecule has 16 heavy (non-hydrogen) atoms. The molecule has 3 nitrogen and oxygen atoms in total. The molecule has 2 heterocycles. The molecule has 0 radical (unpaired) electrons. The van der Waals surface area contributed by atoms with Gasteiger partial charge in [-0.05, 0) is 38.9 Å². The Morgan fingerprint density at radius 1 is 1.56 bits per heavy atom. The lowest BCUT2D eigenvalue weighted by atomic mass is 10.1. The lowest BCUT2D eigenvalue weighted by molar-refractivity contribution is 0.325. The van der Waals surface area contributed by atoms with Gasteiger partial charge in [-0.1, -0.05) is 6.07 Å². The van der Waals surface area contributed by atoms with E-state index in [0.29, 0.717) is 18.1 Å². The second kappa shape index (κ2) is 4.93. The number of hydrogen-bond acceptors (Lipinski definition) is 3. The van der Waals surface area contributed by atoms with Crippen molar-refractivity contribution in [1.29, 1.82) is 0 Å². The molecular formula is C13H21N3. The first-order valence-electron chi connectivity index (χ1n) is 6.03. The maximum atomic E-state index is 4.16. The van der Waals surface area contributed by atoms with Crippen LogP contribution in [-0.4, -0.2) is 35.6 Å². The summed E-state index contributed by atoms with van der Waals surface area (Å²) in [6.07, 6.45) is 5.00. The monoisotopic (exact) mass is 219 g/mol. The molecule has 1 aliphatic heterocycles. The van der Waals surface area contributed by atoms with Crippen molar-refractivity contribution in [2.24, 2.45) is 0 Å². The summed E-state index contributed by atoms with van der Waals surface area (Å²) in [5, 5.41) is 3.67. The molecule has 0 spiro atoms. The van der Waals surface area contributed by atoms with Crippen molar-refractivity contribution in [3.05, 3.63) is 30.1 Å². The molecule has 1 aromatic rings. The van der Waals surface area contributed by atoms with Crippen LogP contribution in [0, 0.1) is 0 Å². The fraction of sp³-hybridized carbons (Fsp3) is 0.615. The Kier molecular flexibility index (Phi) is 3.56. The fourth-order valence-electron chi connectivity index (χ4n) is 2.40. The number of nitrogens with zero attached hydrogens (tertiary/aromatic N) is 2. The van der Waals surface area contributed by atoms with Gasteiger partial charge in [0, 0.05) is 37.1 Å². The molecule has 3 unspecified atom stereocenters. The van der Waals surface area contributed by atoms with Crippen LogP contribution in [-0.2, 0) is 0 Å². The van der Waals surface area contributed by atoms with E-state index in [9.17, 15) is 0 Å². The van der Waals surface area contributed by atoms with E-state index in [1.54, 1.807) is 0 Å². The third-order valence-corrected chi connectivity index (χ3v) is 3.56. The summed E-state index contributed by atoms with van der Waals surface area (Å²) in [7, 11) is 2.20. The van der Waals surface area contributed by atoms with E-state index in [4.69, 9.17) is 0 Å². The lowest BCUT2D eigenvalue weighted by Crippen LogP contribution is -2.33. The van der Waals surface area contributed by atoms with Gasteiger partial charge in [-0.25, -0.2) is 0 Å². The van der Waals surface area contributed by atoms with E-state index < -0.39 is 0 Å². The van der Waals surface area contributed by atoms with Gasteiger partial charge in [0.15, 0.2) is 0 Å². The van der Waals surface area contributed by atoms with Gasteiger partial charge < -0.3 is 10.2 Å². The van der Waals surface area contributed by atoms with E-state index in [0.717, 1.165) is 6.54 Å². The number of rotatable bonds is 3. The van der Waals surface area contributed by atoms with Crippen molar-refractivity contribution in [1.82, 2.24) is 15.2 Å². The SMILES string of the molecule is CC(NC1CC(C)N(C)C1)c1cccnc1. The highest BCUT2D eigenvalue weighted by Crippen LogP contribution is 2.19. The van der Waals surface area contributed by atoms with Crippen LogP contribution in [0.15, 0.2) is 24.5 Å². The summed E-state index contributed by atoms with van der Waals surface area (Å²) in [6, 6.07) is 5.81. The van der Waals surface area contributed by atoms with Gasteiger partial charge in [-0.2, -0.15) is 0 Å². The Hall–Kier alpha value is -0.930. The van der Waals surface area contributed by atoms with E-state index in [1.807, 2.05) is 18.5 Å². The Morgan fingerprint density at radius 3 is 2.94 bits per heavy atom. The highest BCUT2D eigenvalue weighted by molar-refractivity contribution is 5.13. The first-order chi connectivity index (χ1) is 7.66. The number of aromatic nitrogens is 1. The fourth-order valence-corrected chi connectivity index (χ4v) is 2.40. The summed E-state index contributed by atoms with van der Waals surface area (Å²) in [5.74, 6) is 0. The third-order valence-electron chi connectivity index (χ3n) is 3.56. The average Bonchev–Trinajstić information content (AvgIpc) is 2.59. The van der Waals surface area contributed by atoms with Crippen LogP contribution in [0.2, 0.25) is 0 Å². The predicted octanol–water partition coefficient (Wildman–Crippen LogP) is 1.82. The molecule has 1 fully saturated rings. The zero-order valence-electron chi connectivity index (χ0n) is 10.4. The Bertz CT molecular complexity index is 315. The van der Waals surface area contributed by atoms with Crippen LogP contribution >= 0.6 is 0 Å². The van der Waals surface area contributed by atoms with Gasteiger partial charge in [-0.3, -0.25) is 4.98 Å². The first kappa shape index (κ1) is 11.6. The van der Waals surface area contributed by atoms with Gasteiger partial charge in [0.25, 0.3) is 0 Å². The number of likely N-dealkylation sites (tertiary alicyclic amines) is 1. The third kappa shape index (κ3) is 2.60. The topological polar surface area (TPSA) is 28.2 Å². The molecule has 3 atom stereocenters. The predicted molar refractivity (Wildman–Crippen MR) is 66.3 cm³/mol. The van der Waals surface area contributed by atoms with E-state index in [2.05, 4.69) is 42.2 Å². The van der Waals surface area contributed by atoms with E-state index in [-0.39, 0.29) is 0 Å². The van der Waals surface area contributed by atoms with Crippen molar-refractivity contribution in [2.75, 3.05) is 13.6 Å². The standard InChI is InChI=1S/C13H21N3/c1-10-7-13(9-16(10)3)15-11(2)12-5-4-6-14-8-12/h4-6,8,10-11,13,15H,7,9H2,1-3H3. The number of pyridine rings is 1. The van der Waals surface area contributed by atoms with Gasteiger partial charge >= 0.3 is 0 Å². The second-order valence-corrected chi connectivity index (χ2v) is 4.90. The second-order valence-electron chi connectivity index (χ2n) is 4.90. The van der Waals surface area contributed by atoms with Crippen LogP contribution in [0.5, 0.6) is 0 Å². The molecular weight excluding hydrogens is 198 g/mol. The van der Waals surface area contributed by atoms with Crippen LogP contribution in [0.3, 0.4) is 0 Å². The van der Waals surface area contributed by atoms with Gasteiger partial charge in [-0.15, -0.1) is 0 Å². The molecule has 3 heteroatoms. The van der Waals surface area contributed by atoms with Crippen molar-refractivity contribution >= 4 is 0 Å². The zero-order valence-corrected chi connectivity index (χ0v) is 10.4. The maximum absolute atomic E-state index is 4.16. The van der Waals surface area contributed by atoms with Crippen molar-refractivity contribution in [3.63, 3.8) is 0 Å². The first-order valence-corrected chi connectivity index (χ1v) is 6.03. The summed E-state index contributed by atoms with van der Waals surface area (Å²) in [4.78, 5) is 6.57. The Labute approximate surface area is 97.9 Å². The molecule has 0 aromatic carbocycles. The van der Waals surface area contributed by atoms with Crippen molar-refractivity contribution < 1.29 is 0 Å². The largest absolute Gasteiger partial charge is 0.306 e. The van der Waals surface area contributed by atoms with Gasteiger partial charge in [0.05, 0.1) is 0 Å². The minimum Gasteiger partial charge on any atom is -0.306 e. The van der Waals surface area contributed by atoms with E-state index >= 15 is 0 Å². The normalized spacial score (nSPS) is 28.2. The highest BCUT2D eigenvalue weighted by atomic mass is 15.2. The highest BCUT2D eigenvalue weighted by Gasteiger charge is 2.26. The molecule has 1 saturated heterocycles. The molecule has 2 rings (SSSR count). The zero-order chi connectivity index (χ0) is 11.5. The van der Waals surface area contributed by atoms with Crippen molar-refractivity contribution in [2.45, 2.75) is 38.4 Å². The number of nitrogens with one attached hydrogen (secondary N) is 1. The molecule has 88 valence electrons. The summed E-state index contributed by atoms with van der Waals surface area (Å²) in [6.45, 7) is 5.64. The van der Waals surface area contributed by atoms with Crippen LogP contribution in [0.1, 0.15) is 31.9 Å². The minimum atomic E-state index is 0.386.